The summed E-state index contributed by atoms with van der Waals surface area (Å²) in [7, 11) is 0. The quantitative estimate of drug-likeness (QED) is 0.843. The summed E-state index contributed by atoms with van der Waals surface area (Å²) in [5, 5.41) is 3.34. The van der Waals surface area contributed by atoms with E-state index in [2.05, 4.69) is 16.3 Å². The van der Waals surface area contributed by atoms with E-state index in [-0.39, 0.29) is 0 Å². The number of piperazine rings is 1. The molecule has 2 rings (SSSR count). The zero-order valence-corrected chi connectivity index (χ0v) is 10.2. The van der Waals surface area contributed by atoms with E-state index in [1.54, 1.807) is 11.3 Å². The third-order valence-electron chi connectivity index (χ3n) is 2.61. The van der Waals surface area contributed by atoms with Gasteiger partial charge in [0.15, 0.2) is 0 Å². The van der Waals surface area contributed by atoms with Gasteiger partial charge in [0.25, 0.3) is 0 Å². The van der Waals surface area contributed by atoms with E-state index in [9.17, 15) is 0 Å². The lowest BCUT2D eigenvalue weighted by atomic mass is 10.2. The fourth-order valence-electron chi connectivity index (χ4n) is 1.78. The number of nitrogens with zero attached hydrogens (tertiary/aromatic N) is 1. The van der Waals surface area contributed by atoms with Crippen LogP contribution < -0.4 is 11.1 Å². The van der Waals surface area contributed by atoms with Crippen molar-refractivity contribution in [3.05, 3.63) is 20.8 Å². The molecule has 0 radical (unpaired) electrons. The summed E-state index contributed by atoms with van der Waals surface area (Å²) < 4.78 is 0.897. The Kier molecular flexibility index (Phi) is 3.99. The van der Waals surface area contributed by atoms with Gasteiger partial charge in [0, 0.05) is 44.1 Å². The van der Waals surface area contributed by atoms with Crippen molar-refractivity contribution in [3.63, 3.8) is 0 Å². The summed E-state index contributed by atoms with van der Waals surface area (Å²) in [4.78, 5) is 3.59. The maximum Gasteiger partial charge on any atom is 0.0976 e. The van der Waals surface area contributed by atoms with E-state index in [0.717, 1.165) is 37.1 Å². The van der Waals surface area contributed by atoms with Crippen LogP contribution in [0.1, 0.15) is 10.4 Å². The molecule has 5 heteroatoms. The zero-order chi connectivity index (χ0) is 10.7. The van der Waals surface area contributed by atoms with Crippen molar-refractivity contribution in [1.82, 2.24) is 10.2 Å². The van der Waals surface area contributed by atoms with Crippen molar-refractivity contribution in [1.29, 1.82) is 0 Å². The van der Waals surface area contributed by atoms with Gasteiger partial charge in [-0.2, -0.15) is 0 Å². The molecule has 3 nitrogen and oxygen atoms in total. The molecule has 0 aliphatic carbocycles. The van der Waals surface area contributed by atoms with Gasteiger partial charge in [0.2, 0.25) is 0 Å². The van der Waals surface area contributed by atoms with Gasteiger partial charge in [-0.25, -0.2) is 0 Å². The molecule has 1 fully saturated rings. The molecular weight excluding hydrogens is 230 g/mol. The molecule has 0 bridgehead atoms. The van der Waals surface area contributed by atoms with E-state index in [4.69, 9.17) is 17.3 Å². The Morgan fingerprint density at radius 1 is 1.47 bits per heavy atom. The number of rotatable bonds is 3. The van der Waals surface area contributed by atoms with Crippen LogP contribution in [0.25, 0.3) is 0 Å². The van der Waals surface area contributed by atoms with Crippen molar-refractivity contribution in [2.75, 3.05) is 26.2 Å². The zero-order valence-electron chi connectivity index (χ0n) is 8.63. The molecule has 3 N–H and O–H groups in total. The monoisotopic (exact) mass is 245 g/mol. The Hall–Kier alpha value is -0.130. The molecule has 0 amide bonds. The van der Waals surface area contributed by atoms with Crippen molar-refractivity contribution in [3.8, 4) is 0 Å². The smallest absolute Gasteiger partial charge is 0.0976 e. The van der Waals surface area contributed by atoms with Gasteiger partial charge in [0.05, 0.1) is 4.34 Å². The van der Waals surface area contributed by atoms with Crippen LogP contribution in [0.3, 0.4) is 0 Å². The first-order chi connectivity index (χ1) is 7.29. The molecule has 2 heterocycles. The standard InChI is InChI=1S/C10H16ClN3S/c11-10-8(5-9(6-12)15-10)7-14-3-1-13-2-4-14/h5,13H,1-4,6-7,12H2. The Morgan fingerprint density at radius 2 is 2.20 bits per heavy atom. The second kappa shape index (κ2) is 5.27. The van der Waals surface area contributed by atoms with E-state index in [0.29, 0.717) is 6.54 Å². The third kappa shape index (κ3) is 2.92. The topological polar surface area (TPSA) is 41.3 Å². The van der Waals surface area contributed by atoms with E-state index in [1.165, 1.54) is 10.4 Å². The minimum atomic E-state index is 0.589. The van der Waals surface area contributed by atoms with Crippen LogP contribution in [-0.4, -0.2) is 31.1 Å². The fraction of sp³-hybridized carbons (Fsp3) is 0.600. The molecule has 15 heavy (non-hydrogen) atoms. The Morgan fingerprint density at radius 3 is 2.80 bits per heavy atom. The normalized spacial score (nSPS) is 18.3. The maximum atomic E-state index is 6.16. The number of nitrogens with one attached hydrogen (secondary N) is 1. The molecule has 0 aromatic carbocycles. The molecule has 1 aromatic rings. The van der Waals surface area contributed by atoms with Crippen LogP contribution >= 0.6 is 22.9 Å². The van der Waals surface area contributed by atoms with Gasteiger partial charge >= 0.3 is 0 Å². The van der Waals surface area contributed by atoms with Crippen LogP contribution in [0.5, 0.6) is 0 Å². The Balaban J connectivity index is 1.99. The van der Waals surface area contributed by atoms with Gasteiger partial charge in [-0.05, 0) is 11.6 Å². The highest BCUT2D eigenvalue weighted by Crippen LogP contribution is 2.28. The molecule has 84 valence electrons. The van der Waals surface area contributed by atoms with Crippen LogP contribution in [0.2, 0.25) is 4.34 Å². The SMILES string of the molecule is NCc1cc(CN2CCNCC2)c(Cl)s1. The summed E-state index contributed by atoms with van der Waals surface area (Å²) in [6, 6.07) is 2.13. The first kappa shape index (κ1) is 11.4. The minimum Gasteiger partial charge on any atom is -0.326 e. The van der Waals surface area contributed by atoms with Crippen LogP contribution in [0.4, 0.5) is 0 Å². The number of nitrogens with two attached hydrogens (primary N) is 1. The van der Waals surface area contributed by atoms with Crippen molar-refractivity contribution >= 4 is 22.9 Å². The average Bonchev–Trinajstić information content (AvgIpc) is 2.61. The van der Waals surface area contributed by atoms with E-state index in [1.807, 2.05) is 0 Å². The second-order valence-electron chi connectivity index (χ2n) is 3.74. The van der Waals surface area contributed by atoms with Crippen LogP contribution in [-0.2, 0) is 13.1 Å². The van der Waals surface area contributed by atoms with Gasteiger partial charge in [-0.1, -0.05) is 11.6 Å². The van der Waals surface area contributed by atoms with Gasteiger partial charge < -0.3 is 11.1 Å². The summed E-state index contributed by atoms with van der Waals surface area (Å²) in [6.45, 7) is 5.90. The summed E-state index contributed by atoms with van der Waals surface area (Å²) in [5.41, 5.74) is 6.82. The molecule has 0 atom stereocenters. The van der Waals surface area contributed by atoms with Gasteiger partial charge in [-0.15, -0.1) is 11.3 Å². The number of halogens is 1. The lowest BCUT2D eigenvalue weighted by Crippen LogP contribution is -2.42. The molecule has 0 spiro atoms. The number of hydrogen-bond acceptors (Lipinski definition) is 4. The first-order valence-electron chi connectivity index (χ1n) is 5.20. The van der Waals surface area contributed by atoms with Gasteiger partial charge in [0.1, 0.15) is 0 Å². The second-order valence-corrected chi connectivity index (χ2v) is 5.48. The highest BCUT2D eigenvalue weighted by atomic mass is 35.5. The number of thiophene rings is 1. The highest BCUT2D eigenvalue weighted by Gasteiger charge is 2.13. The Bertz CT molecular complexity index is 320. The molecular formula is C10H16ClN3S. The molecule has 1 aromatic heterocycles. The summed E-state index contributed by atoms with van der Waals surface area (Å²) in [6.07, 6.45) is 0. The summed E-state index contributed by atoms with van der Waals surface area (Å²) in [5.74, 6) is 0. The molecule has 1 aliphatic heterocycles. The highest BCUT2D eigenvalue weighted by molar-refractivity contribution is 7.16. The minimum absolute atomic E-state index is 0.589. The maximum absolute atomic E-state index is 6.16. The molecule has 1 aliphatic rings. The first-order valence-corrected chi connectivity index (χ1v) is 6.39. The molecule has 0 saturated carbocycles. The van der Waals surface area contributed by atoms with Crippen LogP contribution in [0.15, 0.2) is 6.07 Å². The van der Waals surface area contributed by atoms with Crippen LogP contribution in [0, 0.1) is 0 Å². The molecule has 1 saturated heterocycles. The summed E-state index contributed by atoms with van der Waals surface area (Å²) >= 11 is 7.76. The van der Waals surface area contributed by atoms with Gasteiger partial charge in [-0.3, -0.25) is 4.90 Å². The lowest BCUT2D eigenvalue weighted by molar-refractivity contribution is 0.233. The molecule has 0 unspecified atom stereocenters. The average molecular weight is 246 g/mol. The van der Waals surface area contributed by atoms with E-state index >= 15 is 0 Å². The Labute approximate surface area is 99.2 Å². The predicted octanol–water partition coefficient (Wildman–Crippen LogP) is 1.27. The lowest BCUT2D eigenvalue weighted by Gasteiger charge is -2.26. The fourth-order valence-corrected chi connectivity index (χ4v) is 2.96. The number of hydrogen-bond donors (Lipinski definition) is 2. The van der Waals surface area contributed by atoms with Crippen molar-refractivity contribution in [2.45, 2.75) is 13.1 Å². The predicted molar refractivity (Wildman–Crippen MR) is 65.4 cm³/mol. The third-order valence-corrected chi connectivity index (χ3v) is 4.08. The van der Waals surface area contributed by atoms with Crippen molar-refractivity contribution < 1.29 is 0 Å². The largest absolute Gasteiger partial charge is 0.326 e. The van der Waals surface area contributed by atoms with E-state index < -0.39 is 0 Å². The van der Waals surface area contributed by atoms with Crippen molar-refractivity contribution in [2.24, 2.45) is 5.73 Å².